The van der Waals surface area contributed by atoms with Gasteiger partial charge in [-0.05, 0) is 49.9 Å². The van der Waals surface area contributed by atoms with Crippen LogP contribution < -0.4 is 10.6 Å². The highest BCUT2D eigenvalue weighted by atomic mass is 35.5. The number of nitrogens with zero attached hydrogens (tertiary/aromatic N) is 1. The molecule has 0 radical (unpaired) electrons. The number of carbonyl (C=O) groups excluding carboxylic acids is 1. The standard InChI is InChI=1S/C15H17N3O2S.ClH/c19-13(10-8-15(10)3-5-16-6-4-15)18-14-17-11(9-21-14)12-2-1-7-20-12;/h1-2,7,9-10,16H,3-6,8H2,(H,17,18,19);1H. The number of piperidine rings is 1. The molecule has 2 aromatic rings. The molecule has 1 saturated heterocycles. The maximum Gasteiger partial charge on any atom is 0.229 e. The highest BCUT2D eigenvalue weighted by Crippen LogP contribution is 2.58. The van der Waals surface area contributed by atoms with Gasteiger partial charge in [0.15, 0.2) is 10.9 Å². The Balaban J connectivity index is 0.00000144. The molecule has 2 aromatic heterocycles. The fraction of sp³-hybridized carbons (Fsp3) is 0.467. The van der Waals surface area contributed by atoms with Crippen LogP contribution in [0.4, 0.5) is 5.13 Å². The first kappa shape index (κ1) is 15.5. The Morgan fingerprint density at radius 2 is 2.27 bits per heavy atom. The van der Waals surface area contributed by atoms with Gasteiger partial charge in [0.25, 0.3) is 0 Å². The average Bonchev–Trinajstić information content (AvgIpc) is 2.93. The fourth-order valence-corrected chi connectivity index (χ4v) is 3.96. The van der Waals surface area contributed by atoms with Gasteiger partial charge < -0.3 is 15.1 Å². The van der Waals surface area contributed by atoms with Crippen LogP contribution in [-0.4, -0.2) is 24.0 Å². The van der Waals surface area contributed by atoms with Crippen molar-refractivity contribution in [3.8, 4) is 11.5 Å². The molecule has 1 saturated carbocycles. The van der Waals surface area contributed by atoms with Crippen molar-refractivity contribution in [1.82, 2.24) is 10.3 Å². The van der Waals surface area contributed by atoms with Crippen LogP contribution >= 0.6 is 23.7 Å². The molecule has 1 aliphatic carbocycles. The fourth-order valence-electron chi connectivity index (χ4n) is 3.26. The van der Waals surface area contributed by atoms with Crippen LogP contribution in [0.5, 0.6) is 0 Å². The lowest BCUT2D eigenvalue weighted by Gasteiger charge is -2.22. The number of hydrogen-bond donors (Lipinski definition) is 2. The third-order valence-electron chi connectivity index (χ3n) is 4.61. The van der Waals surface area contributed by atoms with Crippen molar-refractivity contribution in [3.05, 3.63) is 23.8 Å². The van der Waals surface area contributed by atoms with Crippen molar-refractivity contribution in [2.45, 2.75) is 19.3 Å². The van der Waals surface area contributed by atoms with E-state index in [1.165, 1.54) is 11.3 Å². The van der Waals surface area contributed by atoms with Crippen molar-refractivity contribution in [2.75, 3.05) is 18.4 Å². The van der Waals surface area contributed by atoms with Gasteiger partial charge in [-0.1, -0.05) is 0 Å². The Bertz CT molecular complexity index is 650. The average molecular weight is 340 g/mol. The topological polar surface area (TPSA) is 67.2 Å². The van der Waals surface area contributed by atoms with Crippen LogP contribution in [0.3, 0.4) is 0 Å². The predicted molar refractivity (Wildman–Crippen MR) is 88.3 cm³/mol. The van der Waals surface area contributed by atoms with Crippen molar-refractivity contribution in [1.29, 1.82) is 0 Å². The molecule has 1 atom stereocenters. The van der Waals surface area contributed by atoms with E-state index < -0.39 is 0 Å². The van der Waals surface area contributed by atoms with Gasteiger partial charge in [-0.25, -0.2) is 4.98 Å². The molecule has 22 heavy (non-hydrogen) atoms. The zero-order chi connectivity index (χ0) is 14.3. The Morgan fingerprint density at radius 1 is 1.45 bits per heavy atom. The van der Waals surface area contributed by atoms with E-state index in [-0.39, 0.29) is 29.6 Å². The van der Waals surface area contributed by atoms with Crippen molar-refractivity contribution < 1.29 is 9.21 Å². The quantitative estimate of drug-likeness (QED) is 0.901. The number of aromatic nitrogens is 1. The number of furan rings is 1. The van der Waals surface area contributed by atoms with Gasteiger partial charge in [-0.3, -0.25) is 4.79 Å². The molecule has 1 unspecified atom stereocenters. The molecule has 3 heterocycles. The van der Waals surface area contributed by atoms with Crippen molar-refractivity contribution in [3.63, 3.8) is 0 Å². The number of nitrogens with one attached hydrogen (secondary N) is 2. The molecule has 2 aliphatic rings. The van der Waals surface area contributed by atoms with Crippen LogP contribution in [0, 0.1) is 11.3 Å². The number of hydrogen-bond acceptors (Lipinski definition) is 5. The summed E-state index contributed by atoms with van der Waals surface area (Å²) in [5.41, 5.74) is 1.03. The van der Waals surface area contributed by atoms with Gasteiger partial charge >= 0.3 is 0 Å². The maximum absolute atomic E-state index is 12.4. The van der Waals surface area contributed by atoms with E-state index in [1.54, 1.807) is 6.26 Å². The first-order valence-corrected chi connectivity index (χ1v) is 8.16. The van der Waals surface area contributed by atoms with Crippen molar-refractivity contribution >= 4 is 34.8 Å². The molecule has 2 fully saturated rings. The number of anilines is 1. The summed E-state index contributed by atoms with van der Waals surface area (Å²) in [5.74, 6) is 1.01. The molecule has 2 N–H and O–H groups in total. The van der Waals surface area contributed by atoms with Crippen molar-refractivity contribution in [2.24, 2.45) is 11.3 Å². The lowest BCUT2D eigenvalue weighted by molar-refractivity contribution is -0.118. The second-order valence-electron chi connectivity index (χ2n) is 5.87. The molecule has 1 amide bonds. The Hall–Kier alpha value is -1.37. The zero-order valence-corrected chi connectivity index (χ0v) is 13.6. The summed E-state index contributed by atoms with van der Waals surface area (Å²) in [6.07, 6.45) is 4.87. The van der Waals surface area contributed by atoms with Gasteiger partial charge in [0.2, 0.25) is 5.91 Å². The predicted octanol–water partition coefficient (Wildman–Crippen LogP) is 3.15. The lowest BCUT2D eigenvalue weighted by Crippen LogP contribution is -2.31. The summed E-state index contributed by atoms with van der Waals surface area (Å²) >= 11 is 1.44. The number of amides is 1. The van der Waals surface area contributed by atoms with Gasteiger partial charge in [0, 0.05) is 11.3 Å². The highest BCUT2D eigenvalue weighted by Gasteiger charge is 2.57. The van der Waals surface area contributed by atoms with Gasteiger partial charge in [0.1, 0.15) is 5.69 Å². The summed E-state index contributed by atoms with van der Waals surface area (Å²) in [4.78, 5) is 16.8. The van der Waals surface area contributed by atoms with E-state index >= 15 is 0 Å². The van der Waals surface area contributed by atoms with Crippen LogP contribution in [0.1, 0.15) is 19.3 Å². The van der Waals surface area contributed by atoms with Gasteiger partial charge in [0.05, 0.1) is 6.26 Å². The normalized spacial score (nSPS) is 22.1. The monoisotopic (exact) mass is 339 g/mol. The third kappa shape index (κ3) is 2.78. The smallest absolute Gasteiger partial charge is 0.229 e. The molecule has 1 spiro atoms. The highest BCUT2D eigenvalue weighted by molar-refractivity contribution is 7.14. The van der Waals surface area contributed by atoms with E-state index in [9.17, 15) is 4.79 Å². The minimum atomic E-state index is 0. The molecule has 1 aliphatic heterocycles. The maximum atomic E-state index is 12.4. The van der Waals surface area contributed by atoms with Gasteiger partial charge in [-0.15, -0.1) is 23.7 Å². The number of thiazole rings is 1. The van der Waals surface area contributed by atoms with E-state index in [4.69, 9.17) is 4.42 Å². The summed E-state index contributed by atoms with van der Waals surface area (Å²) < 4.78 is 5.31. The summed E-state index contributed by atoms with van der Waals surface area (Å²) in [6.45, 7) is 2.06. The largest absolute Gasteiger partial charge is 0.463 e. The summed E-state index contributed by atoms with van der Waals surface area (Å²) in [7, 11) is 0. The SMILES string of the molecule is Cl.O=C(Nc1nc(-c2ccco2)cs1)C1CC12CCNCC2. The number of halogens is 1. The molecule has 0 bridgehead atoms. The molecule has 4 rings (SSSR count). The molecule has 118 valence electrons. The van der Waals surface area contributed by atoms with Crippen LogP contribution in [0.25, 0.3) is 11.5 Å². The van der Waals surface area contributed by atoms with Gasteiger partial charge in [-0.2, -0.15) is 0 Å². The summed E-state index contributed by atoms with van der Waals surface area (Å²) in [5, 5.41) is 8.88. The lowest BCUT2D eigenvalue weighted by atomic mass is 9.92. The third-order valence-corrected chi connectivity index (χ3v) is 5.37. The summed E-state index contributed by atoms with van der Waals surface area (Å²) in [6, 6.07) is 3.70. The number of rotatable bonds is 3. The minimum absolute atomic E-state index is 0. The van der Waals surface area contributed by atoms with E-state index in [1.807, 2.05) is 17.5 Å². The van der Waals surface area contributed by atoms with E-state index in [0.717, 1.165) is 43.8 Å². The van der Waals surface area contributed by atoms with E-state index in [2.05, 4.69) is 15.6 Å². The van der Waals surface area contributed by atoms with Crippen LogP contribution in [-0.2, 0) is 4.79 Å². The first-order valence-electron chi connectivity index (χ1n) is 7.28. The molecule has 5 nitrogen and oxygen atoms in total. The Labute approximate surface area is 138 Å². The molecule has 0 aromatic carbocycles. The number of carbonyl (C=O) groups is 1. The molecule has 7 heteroatoms. The molecular weight excluding hydrogens is 322 g/mol. The second-order valence-corrected chi connectivity index (χ2v) is 6.73. The second kappa shape index (κ2) is 6.02. The zero-order valence-electron chi connectivity index (χ0n) is 12.0. The van der Waals surface area contributed by atoms with Crippen LogP contribution in [0.15, 0.2) is 28.2 Å². The molecular formula is C15H18ClN3O2S. The minimum Gasteiger partial charge on any atom is -0.463 e. The Morgan fingerprint density at radius 3 is 3.00 bits per heavy atom. The Kier molecular flexibility index (Phi) is 4.25. The van der Waals surface area contributed by atoms with E-state index in [0.29, 0.717) is 5.13 Å². The van der Waals surface area contributed by atoms with Crippen LogP contribution in [0.2, 0.25) is 0 Å². The first-order chi connectivity index (χ1) is 10.3.